The number of ether oxygens (including phenoxy) is 1. The Kier molecular flexibility index (Phi) is 6.34. The van der Waals surface area contributed by atoms with Crippen molar-refractivity contribution in [3.05, 3.63) is 53.2 Å². The maximum atomic E-state index is 12.9. The van der Waals surface area contributed by atoms with Gasteiger partial charge in [-0.3, -0.25) is 0 Å². The summed E-state index contributed by atoms with van der Waals surface area (Å²) in [7, 11) is 0. The lowest BCUT2D eigenvalue weighted by Gasteiger charge is -2.12. The summed E-state index contributed by atoms with van der Waals surface area (Å²) >= 11 is 5.74. The number of alkyl halides is 6. The Bertz CT molecular complexity index is 1040. The first kappa shape index (κ1) is 22.3. The number of nitrogens with one attached hydrogen (secondary N) is 2. The van der Waals surface area contributed by atoms with Crippen LogP contribution in [0.1, 0.15) is 5.56 Å². The van der Waals surface area contributed by atoms with Crippen LogP contribution in [0.4, 0.5) is 49.7 Å². The number of aromatic nitrogens is 4. The molecule has 31 heavy (non-hydrogen) atoms. The standard InChI is InChI=1S/C17H11ClF6N6O/c18-10-4-5-12(25-7-10)27-14-28-13(29-15(30-14)31-8-16(19,20)21)26-11-3-1-2-9(6-11)17(22,23)24/h1-7H,8H2,(H2,25,26,27,28,29,30). The third-order valence-corrected chi connectivity index (χ3v) is 3.62. The van der Waals surface area contributed by atoms with Crippen molar-refractivity contribution in [2.24, 2.45) is 0 Å². The van der Waals surface area contributed by atoms with E-state index in [-0.39, 0.29) is 23.4 Å². The lowest BCUT2D eigenvalue weighted by atomic mass is 10.2. The topological polar surface area (TPSA) is 84.9 Å². The Morgan fingerprint density at radius 2 is 1.61 bits per heavy atom. The molecule has 0 bridgehead atoms. The summed E-state index contributed by atoms with van der Waals surface area (Å²) in [5, 5.41) is 5.44. The molecule has 0 saturated heterocycles. The number of anilines is 4. The van der Waals surface area contributed by atoms with E-state index in [9.17, 15) is 26.3 Å². The quantitative estimate of drug-likeness (QED) is 0.474. The molecule has 0 radical (unpaired) electrons. The second-order valence-corrected chi connectivity index (χ2v) is 6.30. The van der Waals surface area contributed by atoms with Gasteiger partial charge in [-0.15, -0.1) is 0 Å². The van der Waals surface area contributed by atoms with Gasteiger partial charge in [0.1, 0.15) is 5.82 Å². The molecule has 2 N–H and O–H groups in total. The lowest BCUT2D eigenvalue weighted by Crippen LogP contribution is -2.20. The number of hydrogen-bond acceptors (Lipinski definition) is 7. The smallest absolute Gasteiger partial charge is 0.422 e. The van der Waals surface area contributed by atoms with Crippen LogP contribution in [0.15, 0.2) is 42.6 Å². The molecule has 0 spiro atoms. The molecular formula is C17H11ClF6N6O. The molecule has 2 heterocycles. The minimum absolute atomic E-state index is 0.0571. The predicted octanol–water partition coefficient (Wildman–Crippen LogP) is 5.37. The van der Waals surface area contributed by atoms with Gasteiger partial charge in [-0.05, 0) is 30.3 Å². The average molecular weight is 465 g/mol. The largest absolute Gasteiger partial charge is 0.454 e. The van der Waals surface area contributed by atoms with E-state index in [0.717, 1.165) is 18.2 Å². The molecule has 1 aromatic carbocycles. The number of benzene rings is 1. The summed E-state index contributed by atoms with van der Waals surface area (Å²) in [5.41, 5.74) is -0.998. The zero-order valence-corrected chi connectivity index (χ0v) is 15.8. The summed E-state index contributed by atoms with van der Waals surface area (Å²) in [6.07, 6.45) is -7.95. The van der Waals surface area contributed by atoms with Gasteiger partial charge < -0.3 is 15.4 Å². The van der Waals surface area contributed by atoms with Crippen molar-refractivity contribution in [1.82, 2.24) is 19.9 Å². The van der Waals surface area contributed by atoms with E-state index < -0.39 is 30.5 Å². The van der Waals surface area contributed by atoms with Crippen LogP contribution in [0.5, 0.6) is 6.01 Å². The molecule has 0 saturated carbocycles. The monoisotopic (exact) mass is 464 g/mol. The van der Waals surface area contributed by atoms with Gasteiger partial charge in [0.15, 0.2) is 6.61 Å². The van der Waals surface area contributed by atoms with Gasteiger partial charge in [0, 0.05) is 11.9 Å². The van der Waals surface area contributed by atoms with E-state index in [1.807, 2.05) is 0 Å². The van der Waals surface area contributed by atoms with Gasteiger partial charge in [0.05, 0.1) is 10.6 Å². The highest BCUT2D eigenvalue weighted by Crippen LogP contribution is 2.31. The molecule has 164 valence electrons. The van der Waals surface area contributed by atoms with Crippen molar-refractivity contribution in [3.8, 4) is 6.01 Å². The maximum Gasteiger partial charge on any atom is 0.422 e. The van der Waals surface area contributed by atoms with Gasteiger partial charge in [-0.1, -0.05) is 17.7 Å². The summed E-state index contributed by atoms with van der Waals surface area (Å²) in [5.74, 6) is -0.429. The van der Waals surface area contributed by atoms with Crippen LogP contribution >= 0.6 is 11.6 Å². The highest BCUT2D eigenvalue weighted by Gasteiger charge is 2.31. The van der Waals surface area contributed by atoms with Crippen molar-refractivity contribution in [1.29, 1.82) is 0 Å². The molecule has 0 amide bonds. The fraction of sp³-hybridized carbons (Fsp3) is 0.176. The summed E-state index contributed by atoms with van der Waals surface area (Å²) in [4.78, 5) is 15.2. The van der Waals surface area contributed by atoms with E-state index in [2.05, 4.69) is 35.3 Å². The van der Waals surface area contributed by atoms with E-state index in [4.69, 9.17) is 11.6 Å². The van der Waals surface area contributed by atoms with Crippen LogP contribution < -0.4 is 15.4 Å². The molecule has 0 aliphatic heterocycles. The van der Waals surface area contributed by atoms with Crippen molar-refractivity contribution in [2.45, 2.75) is 12.4 Å². The van der Waals surface area contributed by atoms with Gasteiger partial charge in [0.2, 0.25) is 11.9 Å². The maximum absolute atomic E-state index is 12.9. The molecular weight excluding hydrogens is 454 g/mol. The Morgan fingerprint density at radius 1 is 0.903 bits per heavy atom. The fourth-order valence-electron chi connectivity index (χ4n) is 2.15. The molecule has 0 aliphatic rings. The van der Waals surface area contributed by atoms with Crippen molar-refractivity contribution < 1.29 is 31.1 Å². The zero-order chi connectivity index (χ0) is 22.6. The Morgan fingerprint density at radius 3 is 2.23 bits per heavy atom. The van der Waals surface area contributed by atoms with Gasteiger partial charge in [0.25, 0.3) is 0 Å². The second-order valence-electron chi connectivity index (χ2n) is 5.86. The van der Waals surface area contributed by atoms with Crippen molar-refractivity contribution in [3.63, 3.8) is 0 Å². The fourth-order valence-corrected chi connectivity index (χ4v) is 2.26. The lowest BCUT2D eigenvalue weighted by molar-refractivity contribution is -0.154. The molecule has 14 heteroatoms. The third-order valence-electron chi connectivity index (χ3n) is 3.39. The number of rotatable bonds is 6. The normalized spacial score (nSPS) is 11.8. The van der Waals surface area contributed by atoms with E-state index in [1.54, 1.807) is 0 Å². The Labute approximate surface area is 175 Å². The number of hydrogen-bond donors (Lipinski definition) is 2. The predicted molar refractivity (Wildman–Crippen MR) is 98.6 cm³/mol. The second kappa shape index (κ2) is 8.79. The molecule has 0 unspecified atom stereocenters. The molecule has 3 rings (SSSR count). The number of pyridine rings is 1. The highest BCUT2D eigenvalue weighted by atomic mass is 35.5. The van der Waals surface area contributed by atoms with E-state index >= 15 is 0 Å². The van der Waals surface area contributed by atoms with Gasteiger partial charge >= 0.3 is 18.4 Å². The average Bonchev–Trinajstić information content (AvgIpc) is 2.67. The van der Waals surface area contributed by atoms with Crippen molar-refractivity contribution >= 4 is 35.0 Å². The molecule has 2 aromatic heterocycles. The molecule has 7 nitrogen and oxygen atoms in total. The van der Waals surface area contributed by atoms with E-state index in [1.165, 1.54) is 24.4 Å². The first-order chi connectivity index (χ1) is 14.5. The van der Waals surface area contributed by atoms with Crippen LogP contribution in [-0.2, 0) is 6.18 Å². The van der Waals surface area contributed by atoms with Crippen LogP contribution in [0.3, 0.4) is 0 Å². The van der Waals surface area contributed by atoms with E-state index in [0.29, 0.717) is 5.02 Å². The summed E-state index contributed by atoms with van der Waals surface area (Å²) < 4.78 is 80.6. The van der Waals surface area contributed by atoms with Crippen molar-refractivity contribution in [2.75, 3.05) is 17.2 Å². The zero-order valence-electron chi connectivity index (χ0n) is 15.1. The number of halogens is 7. The highest BCUT2D eigenvalue weighted by molar-refractivity contribution is 6.30. The Balaban J connectivity index is 1.89. The van der Waals surface area contributed by atoms with Gasteiger partial charge in [-0.25, -0.2) is 4.98 Å². The first-order valence-electron chi connectivity index (χ1n) is 8.26. The Hall–Kier alpha value is -3.35. The SMILES string of the molecule is FC(F)(F)COc1nc(Nc2cccc(C(F)(F)F)c2)nc(Nc2ccc(Cl)cn2)n1. The molecule has 0 fully saturated rings. The van der Waals surface area contributed by atoms with Crippen LogP contribution in [-0.4, -0.2) is 32.7 Å². The summed E-state index contributed by atoms with van der Waals surface area (Å²) in [6, 6.07) is 6.30. The minimum atomic E-state index is -4.66. The number of nitrogens with zero attached hydrogens (tertiary/aromatic N) is 4. The minimum Gasteiger partial charge on any atom is -0.454 e. The molecule has 0 atom stereocenters. The third kappa shape index (κ3) is 6.84. The first-order valence-corrected chi connectivity index (χ1v) is 8.64. The molecule has 0 aliphatic carbocycles. The summed E-state index contributed by atoms with van der Waals surface area (Å²) in [6.45, 7) is -1.68. The molecule has 3 aromatic rings. The van der Waals surface area contributed by atoms with Gasteiger partial charge in [-0.2, -0.15) is 41.3 Å². The van der Waals surface area contributed by atoms with Crippen LogP contribution in [0, 0.1) is 0 Å². The van der Waals surface area contributed by atoms with Crippen LogP contribution in [0.2, 0.25) is 5.02 Å². The van der Waals surface area contributed by atoms with Crippen LogP contribution in [0.25, 0.3) is 0 Å².